The van der Waals surface area contributed by atoms with Gasteiger partial charge in [0.25, 0.3) is 0 Å². The highest BCUT2D eigenvalue weighted by Gasteiger charge is 2.51. The molecule has 15 heteroatoms. The predicted octanol–water partition coefficient (Wildman–Crippen LogP) is 1.25. The monoisotopic (exact) mass is 722 g/mol. The van der Waals surface area contributed by atoms with Gasteiger partial charge in [-0.15, -0.1) is 11.3 Å². The molecule has 1 saturated heterocycles. The van der Waals surface area contributed by atoms with Gasteiger partial charge in [0.1, 0.15) is 24.2 Å². The Balaban J connectivity index is 1.44. The highest BCUT2D eigenvalue weighted by molar-refractivity contribution is 7.09. The third-order valence-corrected chi connectivity index (χ3v) is 11.1. The van der Waals surface area contributed by atoms with Gasteiger partial charge < -0.3 is 42.7 Å². The summed E-state index contributed by atoms with van der Waals surface area (Å²) >= 11 is 1.49. The molecule has 1 saturated carbocycles. The molecule has 4 amide bonds. The molecule has 3 heterocycles. The minimum Gasteiger partial charge on any atom is -0.480 e. The Hall–Kier alpha value is -4.50. The molecule has 5 rings (SSSR count). The van der Waals surface area contributed by atoms with Crippen molar-refractivity contribution in [3.63, 3.8) is 0 Å². The lowest BCUT2D eigenvalue weighted by atomic mass is 9.84. The lowest BCUT2D eigenvalue weighted by Crippen LogP contribution is -2.61. The number of rotatable bonds is 15. The molecular weight excluding hydrogens is 673 g/mol. The Morgan fingerprint density at radius 2 is 1.73 bits per heavy atom. The molecule has 51 heavy (non-hydrogen) atoms. The second kappa shape index (κ2) is 17.6. The molecule has 2 fully saturated rings. The van der Waals surface area contributed by atoms with Gasteiger partial charge in [0.05, 0.1) is 0 Å². The van der Waals surface area contributed by atoms with E-state index in [1.807, 2.05) is 41.8 Å². The van der Waals surface area contributed by atoms with Crippen molar-refractivity contribution in [2.75, 3.05) is 13.1 Å². The topological polar surface area (TPSA) is 227 Å². The van der Waals surface area contributed by atoms with Crippen molar-refractivity contribution in [2.45, 2.75) is 107 Å². The summed E-state index contributed by atoms with van der Waals surface area (Å²) in [7, 11) is 0. The summed E-state index contributed by atoms with van der Waals surface area (Å²) in [5.74, 6) is -2.73. The van der Waals surface area contributed by atoms with Gasteiger partial charge in [-0.05, 0) is 73.6 Å². The molecule has 3 aliphatic rings. The average Bonchev–Trinajstić information content (AvgIpc) is 3.78. The van der Waals surface area contributed by atoms with E-state index >= 15 is 0 Å². The first kappa shape index (κ1) is 37.7. The van der Waals surface area contributed by atoms with Crippen LogP contribution < -0.4 is 27.8 Å². The van der Waals surface area contributed by atoms with Crippen LogP contribution in [0.1, 0.15) is 73.8 Å². The number of aliphatic imine (C=N–C) groups is 1. The number of carboxylic acids is 1. The largest absolute Gasteiger partial charge is 0.480 e. The lowest BCUT2D eigenvalue weighted by molar-refractivity contribution is -0.153. The molecular formula is C36H50N8O6S. The number of hydrogen-bond donors (Lipinski definition) is 6. The summed E-state index contributed by atoms with van der Waals surface area (Å²) in [5.41, 5.74) is 18.3. The summed E-state index contributed by atoms with van der Waals surface area (Å²) < 4.78 is 0. The van der Waals surface area contributed by atoms with E-state index < -0.39 is 36.0 Å². The molecule has 2 aromatic rings. The van der Waals surface area contributed by atoms with Crippen molar-refractivity contribution in [3.05, 3.63) is 57.8 Å². The second-order valence-corrected chi connectivity index (χ2v) is 14.7. The fourth-order valence-corrected chi connectivity index (χ4v) is 8.50. The van der Waals surface area contributed by atoms with Gasteiger partial charge in [0, 0.05) is 43.3 Å². The molecule has 1 aromatic carbocycles. The summed E-state index contributed by atoms with van der Waals surface area (Å²) in [6.45, 7) is 0.725. The zero-order valence-corrected chi connectivity index (χ0v) is 29.7. The number of guanidine groups is 1. The quantitative estimate of drug-likeness (QED) is 0.0882. The SMILES string of the molecule is NCCCC(=O)N[C@@H](Cc1cccs1)C(=O)N1Cc2ccccc2C[C@H]1C(=O)N1C2CCCCC2C[C@H]1C(=O)N[C@@H](CCCN=C(N)N)C(=O)O. The summed E-state index contributed by atoms with van der Waals surface area (Å²) in [6, 6.07) is 7.35. The smallest absolute Gasteiger partial charge is 0.326 e. The molecule has 276 valence electrons. The van der Waals surface area contributed by atoms with E-state index in [4.69, 9.17) is 17.2 Å². The highest BCUT2D eigenvalue weighted by Crippen LogP contribution is 2.41. The number of thiophene rings is 1. The number of aliphatic carboxylic acids is 1. The zero-order chi connectivity index (χ0) is 36.5. The summed E-state index contributed by atoms with van der Waals surface area (Å²) in [5, 5.41) is 17.5. The molecule has 9 N–H and O–H groups in total. The number of benzene rings is 1. The van der Waals surface area contributed by atoms with Crippen LogP contribution in [-0.4, -0.2) is 93.8 Å². The van der Waals surface area contributed by atoms with Gasteiger partial charge in [-0.3, -0.25) is 24.2 Å². The lowest BCUT2D eigenvalue weighted by Gasteiger charge is -2.42. The number of nitrogens with two attached hydrogens (primary N) is 3. The number of amides is 4. The van der Waals surface area contributed by atoms with Gasteiger partial charge in [0.15, 0.2) is 5.96 Å². The number of carbonyl (C=O) groups is 5. The molecule has 6 atom stereocenters. The van der Waals surface area contributed by atoms with E-state index in [9.17, 15) is 29.1 Å². The van der Waals surface area contributed by atoms with Crippen LogP contribution in [0, 0.1) is 5.92 Å². The maximum atomic E-state index is 15.0. The molecule has 2 aliphatic heterocycles. The van der Waals surface area contributed by atoms with E-state index in [-0.39, 0.29) is 74.4 Å². The Morgan fingerprint density at radius 3 is 2.43 bits per heavy atom. The Kier molecular flexibility index (Phi) is 13.0. The van der Waals surface area contributed by atoms with Crippen molar-refractivity contribution < 1.29 is 29.1 Å². The first-order valence-electron chi connectivity index (χ1n) is 17.9. The van der Waals surface area contributed by atoms with Crippen molar-refractivity contribution in [1.82, 2.24) is 20.4 Å². The number of hydrogen-bond acceptors (Lipinski definition) is 8. The molecule has 0 bridgehead atoms. The fraction of sp³-hybridized carbons (Fsp3) is 0.556. The van der Waals surface area contributed by atoms with Gasteiger partial charge >= 0.3 is 5.97 Å². The van der Waals surface area contributed by atoms with Crippen LogP contribution in [0.3, 0.4) is 0 Å². The van der Waals surface area contributed by atoms with Crippen LogP contribution in [0.15, 0.2) is 46.8 Å². The van der Waals surface area contributed by atoms with Crippen molar-refractivity contribution in [1.29, 1.82) is 0 Å². The van der Waals surface area contributed by atoms with Crippen LogP contribution in [0.5, 0.6) is 0 Å². The van der Waals surface area contributed by atoms with E-state index in [1.54, 1.807) is 9.80 Å². The van der Waals surface area contributed by atoms with Crippen molar-refractivity contribution in [2.24, 2.45) is 28.1 Å². The average molecular weight is 723 g/mol. The first-order chi connectivity index (χ1) is 24.6. The highest BCUT2D eigenvalue weighted by atomic mass is 32.1. The summed E-state index contributed by atoms with van der Waals surface area (Å²) in [6.07, 6.45) is 5.48. The molecule has 1 aliphatic carbocycles. The number of nitrogens with zero attached hydrogens (tertiary/aromatic N) is 3. The predicted molar refractivity (Wildman–Crippen MR) is 193 cm³/mol. The van der Waals surface area contributed by atoms with Crippen LogP contribution in [0.2, 0.25) is 0 Å². The molecule has 2 unspecified atom stereocenters. The third kappa shape index (κ3) is 9.44. The zero-order valence-electron chi connectivity index (χ0n) is 28.9. The van der Waals surface area contributed by atoms with Gasteiger partial charge in [-0.2, -0.15) is 0 Å². The van der Waals surface area contributed by atoms with Gasteiger partial charge in [-0.25, -0.2) is 4.79 Å². The van der Waals surface area contributed by atoms with Crippen LogP contribution >= 0.6 is 11.3 Å². The van der Waals surface area contributed by atoms with E-state index in [0.717, 1.165) is 41.7 Å². The van der Waals surface area contributed by atoms with Crippen LogP contribution in [0.25, 0.3) is 0 Å². The number of carbonyl (C=O) groups excluding carboxylic acids is 4. The van der Waals surface area contributed by atoms with E-state index in [0.29, 0.717) is 25.8 Å². The number of fused-ring (bicyclic) bond motifs is 2. The van der Waals surface area contributed by atoms with E-state index in [2.05, 4.69) is 15.6 Å². The van der Waals surface area contributed by atoms with E-state index in [1.165, 1.54) is 11.3 Å². The number of carboxylic acid groups (broad SMARTS) is 1. The number of likely N-dealkylation sites (tertiary alicyclic amines) is 1. The van der Waals surface area contributed by atoms with Crippen molar-refractivity contribution >= 4 is 46.9 Å². The third-order valence-electron chi connectivity index (χ3n) is 10.2. The molecule has 1 aromatic heterocycles. The molecule has 0 radical (unpaired) electrons. The second-order valence-electron chi connectivity index (χ2n) is 13.7. The Morgan fingerprint density at radius 1 is 0.961 bits per heavy atom. The van der Waals surface area contributed by atoms with Crippen LogP contribution in [0.4, 0.5) is 0 Å². The van der Waals surface area contributed by atoms with Crippen LogP contribution in [-0.2, 0) is 43.4 Å². The minimum atomic E-state index is -1.19. The minimum absolute atomic E-state index is 0.0806. The van der Waals surface area contributed by atoms with Gasteiger partial charge in [-0.1, -0.05) is 43.2 Å². The molecule has 0 spiro atoms. The standard InChI is InChI=1S/C36H50N8O6S/c37-15-5-14-31(45)41-27(20-25-11-7-17-51-25)33(47)43-21-24-10-2-1-8-22(24)18-30(43)34(48)44-28-13-4-3-9-23(28)19-29(44)32(46)42-26(35(49)50)12-6-16-40-36(38)39/h1-2,7-8,10-11,17,23,26-30H,3-6,9,12-16,18-21,37H2,(H,41,45)(H,42,46)(H,49,50)(H4,38,39,40)/t23?,26-,27-,28?,29-,30-/m0/s1. The van der Waals surface area contributed by atoms with Gasteiger partial charge in [0.2, 0.25) is 23.6 Å². The maximum absolute atomic E-state index is 15.0. The Labute approximate surface area is 302 Å². The first-order valence-corrected chi connectivity index (χ1v) is 18.7. The fourth-order valence-electron chi connectivity index (χ4n) is 7.75. The summed E-state index contributed by atoms with van der Waals surface area (Å²) in [4.78, 5) is 76.8. The molecule has 14 nitrogen and oxygen atoms in total. The number of nitrogens with one attached hydrogen (secondary N) is 2. The Bertz CT molecular complexity index is 1580. The van der Waals surface area contributed by atoms with Crippen molar-refractivity contribution in [3.8, 4) is 0 Å². The normalized spacial score (nSPS) is 22.2. The maximum Gasteiger partial charge on any atom is 0.326 e.